The van der Waals surface area contributed by atoms with Crippen molar-refractivity contribution in [2.45, 2.75) is 58.7 Å². The van der Waals surface area contributed by atoms with Crippen LogP contribution >= 0.6 is 11.8 Å². The third kappa shape index (κ3) is 4.23. The zero-order chi connectivity index (χ0) is 14.6. The van der Waals surface area contributed by atoms with E-state index in [-0.39, 0.29) is 17.2 Å². The third-order valence-electron chi connectivity index (χ3n) is 3.17. The number of rotatable bonds is 6. The molecule has 0 aliphatic carbocycles. The van der Waals surface area contributed by atoms with Crippen LogP contribution in [0.3, 0.4) is 0 Å². The number of hydrogen-bond donors (Lipinski definition) is 1. The van der Waals surface area contributed by atoms with Crippen molar-refractivity contribution in [3.05, 3.63) is 5.82 Å². The van der Waals surface area contributed by atoms with E-state index in [2.05, 4.69) is 49.4 Å². The number of aryl methyl sites for hydroxylation is 1. The van der Waals surface area contributed by atoms with Crippen LogP contribution in [0.15, 0.2) is 5.16 Å². The molecular weight excluding hydrogens is 262 g/mol. The molecule has 0 spiro atoms. The Labute approximate surface area is 118 Å². The minimum atomic E-state index is -0.833. The SMILES string of the molecule is CCCc1nnc(SCC(=O)O)n1C(C)C(C)(C)C. The summed E-state index contributed by atoms with van der Waals surface area (Å²) < 4.78 is 2.09. The summed E-state index contributed by atoms with van der Waals surface area (Å²) in [5, 5.41) is 17.9. The van der Waals surface area contributed by atoms with Gasteiger partial charge < -0.3 is 9.67 Å². The number of aliphatic carboxylic acids is 1. The minimum Gasteiger partial charge on any atom is -0.481 e. The number of hydrogen-bond acceptors (Lipinski definition) is 4. The second-order valence-electron chi connectivity index (χ2n) is 5.74. The fraction of sp³-hybridized carbons (Fsp3) is 0.769. The van der Waals surface area contributed by atoms with Crippen molar-refractivity contribution in [1.82, 2.24) is 14.8 Å². The topological polar surface area (TPSA) is 68.0 Å². The third-order valence-corrected chi connectivity index (χ3v) is 4.10. The van der Waals surface area contributed by atoms with Crippen molar-refractivity contribution in [2.24, 2.45) is 5.41 Å². The Hall–Kier alpha value is -1.04. The highest BCUT2D eigenvalue weighted by molar-refractivity contribution is 7.99. The van der Waals surface area contributed by atoms with E-state index in [1.165, 1.54) is 11.8 Å². The van der Waals surface area contributed by atoms with Gasteiger partial charge in [-0.25, -0.2) is 0 Å². The van der Waals surface area contributed by atoms with Crippen LogP contribution in [0.1, 0.15) is 52.9 Å². The maximum absolute atomic E-state index is 10.7. The van der Waals surface area contributed by atoms with Crippen molar-refractivity contribution in [3.63, 3.8) is 0 Å². The largest absolute Gasteiger partial charge is 0.481 e. The Balaban J connectivity index is 3.07. The quantitative estimate of drug-likeness (QED) is 0.814. The molecule has 1 aromatic heterocycles. The van der Waals surface area contributed by atoms with Gasteiger partial charge in [0.25, 0.3) is 0 Å². The molecule has 19 heavy (non-hydrogen) atoms. The monoisotopic (exact) mass is 285 g/mol. The average Bonchev–Trinajstić information content (AvgIpc) is 2.67. The van der Waals surface area contributed by atoms with Gasteiger partial charge in [0.2, 0.25) is 0 Å². The van der Waals surface area contributed by atoms with Crippen molar-refractivity contribution in [3.8, 4) is 0 Å². The van der Waals surface area contributed by atoms with Gasteiger partial charge in [0.1, 0.15) is 5.82 Å². The van der Waals surface area contributed by atoms with Gasteiger partial charge in [-0.1, -0.05) is 39.5 Å². The second-order valence-corrected chi connectivity index (χ2v) is 6.69. The molecule has 0 aliphatic heterocycles. The molecule has 0 amide bonds. The molecule has 1 N–H and O–H groups in total. The van der Waals surface area contributed by atoms with Gasteiger partial charge in [0.05, 0.1) is 5.75 Å². The molecule has 0 saturated heterocycles. The number of nitrogens with zero attached hydrogens (tertiary/aromatic N) is 3. The van der Waals surface area contributed by atoms with Gasteiger partial charge in [0.15, 0.2) is 5.16 Å². The summed E-state index contributed by atoms with van der Waals surface area (Å²) in [6.07, 6.45) is 1.86. The normalized spacial score (nSPS) is 13.5. The number of carboxylic acids is 1. The maximum Gasteiger partial charge on any atom is 0.313 e. The molecule has 1 unspecified atom stereocenters. The smallest absolute Gasteiger partial charge is 0.313 e. The van der Waals surface area contributed by atoms with Crippen LogP contribution in [0, 0.1) is 5.41 Å². The van der Waals surface area contributed by atoms with Gasteiger partial charge in [-0.3, -0.25) is 4.79 Å². The fourth-order valence-corrected chi connectivity index (χ4v) is 2.46. The first-order valence-electron chi connectivity index (χ1n) is 6.55. The van der Waals surface area contributed by atoms with Gasteiger partial charge in [-0.05, 0) is 18.8 Å². The molecule has 5 nitrogen and oxygen atoms in total. The van der Waals surface area contributed by atoms with E-state index in [1.807, 2.05) is 0 Å². The first kappa shape index (κ1) is 16.0. The van der Waals surface area contributed by atoms with Gasteiger partial charge in [-0.2, -0.15) is 0 Å². The van der Waals surface area contributed by atoms with Crippen LogP contribution in [-0.4, -0.2) is 31.6 Å². The van der Waals surface area contributed by atoms with Gasteiger partial charge in [-0.15, -0.1) is 10.2 Å². The van der Waals surface area contributed by atoms with Crippen molar-refractivity contribution in [2.75, 3.05) is 5.75 Å². The van der Waals surface area contributed by atoms with Crippen LogP contribution in [0.25, 0.3) is 0 Å². The molecule has 108 valence electrons. The Kier molecular flexibility index (Phi) is 5.40. The lowest BCUT2D eigenvalue weighted by Gasteiger charge is -2.30. The molecule has 0 aliphatic rings. The van der Waals surface area contributed by atoms with E-state index in [0.29, 0.717) is 5.16 Å². The lowest BCUT2D eigenvalue weighted by molar-refractivity contribution is -0.133. The predicted molar refractivity (Wildman–Crippen MR) is 76.5 cm³/mol. The summed E-state index contributed by atoms with van der Waals surface area (Å²) in [5.74, 6) is 0.124. The molecule has 6 heteroatoms. The molecule has 1 atom stereocenters. The summed E-state index contributed by atoms with van der Waals surface area (Å²) >= 11 is 1.24. The molecule has 1 heterocycles. The first-order chi connectivity index (χ1) is 8.77. The zero-order valence-corrected chi connectivity index (χ0v) is 13.1. The summed E-state index contributed by atoms with van der Waals surface area (Å²) in [5.41, 5.74) is 0.0728. The van der Waals surface area contributed by atoms with Gasteiger partial charge >= 0.3 is 5.97 Å². The Bertz CT molecular complexity index is 438. The molecule has 0 radical (unpaired) electrons. The minimum absolute atomic E-state index is 0.0150. The van der Waals surface area contributed by atoms with Gasteiger partial charge in [0, 0.05) is 12.5 Å². The van der Waals surface area contributed by atoms with E-state index in [1.54, 1.807) is 0 Å². The van der Waals surface area contributed by atoms with Crippen LogP contribution in [0.5, 0.6) is 0 Å². The summed E-state index contributed by atoms with van der Waals surface area (Å²) in [6.45, 7) is 10.7. The molecule has 0 bridgehead atoms. The number of carbonyl (C=O) groups is 1. The van der Waals surface area contributed by atoms with E-state index in [9.17, 15) is 4.79 Å². The molecule has 0 saturated carbocycles. The maximum atomic E-state index is 10.7. The number of carboxylic acid groups (broad SMARTS) is 1. The van der Waals surface area contributed by atoms with E-state index in [4.69, 9.17) is 5.11 Å². The lowest BCUT2D eigenvalue weighted by Crippen LogP contribution is -2.24. The highest BCUT2D eigenvalue weighted by atomic mass is 32.2. The fourth-order valence-electron chi connectivity index (χ4n) is 1.70. The first-order valence-corrected chi connectivity index (χ1v) is 7.54. The van der Waals surface area contributed by atoms with E-state index < -0.39 is 5.97 Å². The van der Waals surface area contributed by atoms with Crippen molar-refractivity contribution in [1.29, 1.82) is 0 Å². The Morgan fingerprint density at radius 1 is 1.42 bits per heavy atom. The van der Waals surface area contributed by atoms with Crippen molar-refractivity contribution >= 4 is 17.7 Å². The average molecular weight is 285 g/mol. The Morgan fingerprint density at radius 3 is 2.53 bits per heavy atom. The second kappa shape index (κ2) is 6.41. The summed E-state index contributed by atoms with van der Waals surface area (Å²) in [4.78, 5) is 10.7. The van der Waals surface area contributed by atoms with E-state index in [0.717, 1.165) is 18.7 Å². The summed E-state index contributed by atoms with van der Waals surface area (Å²) in [7, 11) is 0. The summed E-state index contributed by atoms with van der Waals surface area (Å²) in [6, 6.07) is 0.223. The highest BCUT2D eigenvalue weighted by Crippen LogP contribution is 2.34. The molecule has 0 fully saturated rings. The molecule has 1 aromatic rings. The van der Waals surface area contributed by atoms with Crippen LogP contribution in [0.2, 0.25) is 0 Å². The van der Waals surface area contributed by atoms with Crippen molar-refractivity contribution < 1.29 is 9.90 Å². The molecule has 0 aromatic carbocycles. The van der Waals surface area contributed by atoms with E-state index >= 15 is 0 Å². The Morgan fingerprint density at radius 2 is 2.05 bits per heavy atom. The molecule has 1 rings (SSSR count). The standard InChI is InChI=1S/C13H23N3O2S/c1-6-7-10-14-15-12(19-8-11(17)18)16(10)9(2)13(3,4)5/h9H,6-8H2,1-5H3,(H,17,18). The lowest BCUT2D eigenvalue weighted by atomic mass is 9.88. The van der Waals surface area contributed by atoms with Crippen LogP contribution in [-0.2, 0) is 11.2 Å². The zero-order valence-electron chi connectivity index (χ0n) is 12.3. The number of aromatic nitrogens is 3. The van der Waals surface area contributed by atoms with Crippen LogP contribution in [0.4, 0.5) is 0 Å². The highest BCUT2D eigenvalue weighted by Gasteiger charge is 2.27. The number of thioether (sulfide) groups is 1. The molecular formula is C13H23N3O2S. The predicted octanol–water partition coefficient (Wildman–Crippen LogP) is 3.01. The van der Waals surface area contributed by atoms with Crippen LogP contribution < -0.4 is 0 Å².